The number of hydrogen-bond donors (Lipinski definition) is 1. The lowest BCUT2D eigenvalue weighted by atomic mass is 9.99. The van der Waals surface area contributed by atoms with Crippen LogP contribution in [0.3, 0.4) is 0 Å². The molecule has 2 aromatic rings. The maximum absolute atomic E-state index is 5.80. The molecule has 2 atom stereocenters. The van der Waals surface area contributed by atoms with Crippen LogP contribution in [0.1, 0.15) is 32.3 Å². The molecular weight excluding hydrogens is 262 g/mol. The number of aromatic nitrogens is 2. The Morgan fingerprint density at radius 1 is 1.29 bits per heavy atom. The number of nitrogens with zero attached hydrogens (tertiary/aromatic N) is 2. The van der Waals surface area contributed by atoms with Crippen LogP contribution in [-0.4, -0.2) is 27.8 Å². The van der Waals surface area contributed by atoms with Gasteiger partial charge in [0.1, 0.15) is 0 Å². The maximum Gasteiger partial charge on any atom is 0.0949 e. The van der Waals surface area contributed by atoms with Gasteiger partial charge in [-0.25, -0.2) is 4.98 Å². The second-order valence-corrected chi connectivity index (χ2v) is 6.01. The first kappa shape index (κ1) is 14.1. The summed E-state index contributed by atoms with van der Waals surface area (Å²) < 4.78 is 7.88. The summed E-state index contributed by atoms with van der Waals surface area (Å²) in [4.78, 5) is 4.08. The fraction of sp³-hybridized carbons (Fsp3) is 0.471. The van der Waals surface area contributed by atoms with E-state index in [1.165, 1.54) is 11.3 Å². The summed E-state index contributed by atoms with van der Waals surface area (Å²) in [5, 5.41) is 3.66. The molecule has 0 aliphatic carbocycles. The molecule has 1 N–H and O–H groups in total. The van der Waals surface area contributed by atoms with Crippen molar-refractivity contribution in [2.24, 2.45) is 0 Å². The van der Waals surface area contributed by atoms with E-state index >= 15 is 0 Å². The molecule has 2 heterocycles. The van der Waals surface area contributed by atoms with Crippen molar-refractivity contribution in [2.45, 2.75) is 51.5 Å². The number of rotatable bonds is 4. The van der Waals surface area contributed by atoms with Gasteiger partial charge in [0.2, 0.25) is 0 Å². The minimum absolute atomic E-state index is 0.334. The predicted molar refractivity (Wildman–Crippen MR) is 84.4 cm³/mol. The Labute approximate surface area is 126 Å². The lowest BCUT2D eigenvalue weighted by Crippen LogP contribution is -2.36. The highest BCUT2D eigenvalue weighted by Crippen LogP contribution is 2.23. The number of benzene rings is 1. The third kappa shape index (κ3) is 3.85. The van der Waals surface area contributed by atoms with Crippen LogP contribution < -0.4 is 5.32 Å². The highest BCUT2D eigenvalue weighted by Gasteiger charge is 2.24. The lowest BCUT2D eigenvalue weighted by Gasteiger charge is -2.33. The third-order valence-corrected chi connectivity index (χ3v) is 3.92. The molecule has 0 spiro atoms. The van der Waals surface area contributed by atoms with Crippen LogP contribution in [0.2, 0.25) is 0 Å². The molecule has 4 nitrogen and oxygen atoms in total. The summed E-state index contributed by atoms with van der Waals surface area (Å²) in [7, 11) is 0. The molecule has 2 unspecified atom stereocenters. The Morgan fingerprint density at radius 3 is 2.81 bits per heavy atom. The highest BCUT2D eigenvalue weighted by molar-refractivity contribution is 5.46. The molecule has 0 saturated carbocycles. The zero-order chi connectivity index (χ0) is 14.7. The second-order valence-electron chi connectivity index (χ2n) is 6.01. The summed E-state index contributed by atoms with van der Waals surface area (Å²) in [6.07, 6.45) is 8.45. The molecule has 4 heteroatoms. The molecule has 0 amide bonds. The quantitative estimate of drug-likeness (QED) is 0.937. The van der Waals surface area contributed by atoms with Crippen LogP contribution >= 0.6 is 0 Å². The summed E-state index contributed by atoms with van der Waals surface area (Å²) >= 11 is 0. The number of ether oxygens (including phenoxy) is 1. The number of imidazole rings is 1. The normalized spacial score (nSPS) is 25.7. The lowest BCUT2D eigenvalue weighted by molar-refractivity contribution is -0.0337. The molecule has 1 fully saturated rings. The Bertz CT molecular complexity index is 557. The number of hydrogen-bond acceptors (Lipinski definition) is 3. The Kier molecular flexibility index (Phi) is 4.25. The monoisotopic (exact) mass is 285 g/mol. The van der Waals surface area contributed by atoms with Crippen molar-refractivity contribution in [3.8, 4) is 0 Å². The highest BCUT2D eigenvalue weighted by atomic mass is 16.5. The van der Waals surface area contributed by atoms with Crippen LogP contribution in [0, 0.1) is 0 Å². The van der Waals surface area contributed by atoms with Crippen molar-refractivity contribution in [2.75, 3.05) is 5.32 Å². The Balaban J connectivity index is 1.65. The van der Waals surface area contributed by atoms with Crippen LogP contribution in [0.5, 0.6) is 0 Å². The number of nitrogens with one attached hydrogen (secondary N) is 1. The van der Waals surface area contributed by atoms with E-state index in [-0.39, 0.29) is 0 Å². The topological polar surface area (TPSA) is 39.1 Å². The van der Waals surface area contributed by atoms with E-state index in [4.69, 9.17) is 4.74 Å². The molecule has 0 radical (unpaired) electrons. The average molecular weight is 285 g/mol. The van der Waals surface area contributed by atoms with E-state index in [1.807, 2.05) is 18.7 Å². The van der Waals surface area contributed by atoms with Gasteiger partial charge >= 0.3 is 0 Å². The van der Waals surface area contributed by atoms with Gasteiger partial charge in [0.25, 0.3) is 0 Å². The third-order valence-electron chi connectivity index (χ3n) is 3.92. The van der Waals surface area contributed by atoms with Gasteiger partial charge in [-0.3, -0.25) is 0 Å². The van der Waals surface area contributed by atoms with Gasteiger partial charge in [-0.05, 0) is 44.4 Å². The largest absolute Gasteiger partial charge is 0.382 e. The minimum Gasteiger partial charge on any atom is -0.382 e. The molecule has 1 aromatic carbocycles. The first-order valence-corrected chi connectivity index (χ1v) is 7.66. The van der Waals surface area contributed by atoms with Crippen LogP contribution in [0.25, 0.3) is 0 Å². The van der Waals surface area contributed by atoms with E-state index in [9.17, 15) is 0 Å². The average Bonchev–Trinajstić information content (AvgIpc) is 2.90. The predicted octanol–water partition coefficient (Wildman–Crippen LogP) is 3.30. The maximum atomic E-state index is 5.80. The Morgan fingerprint density at radius 2 is 2.10 bits per heavy atom. The first-order chi connectivity index (χ1) is 10.2. The van der Waals surface area contributed by atoms with Gasteiger partial charge in [-0.1, -0.05) is 12.1 Å². The fourth-order valence-electron chi connectivity index (χ4n) is 3.11. The van der Waals surface area contributed by atoms with Gasteiger partial charge in [0.05, 0.1) is 18.5 Å². The SMILES string of the molecule is CC1CC(Nc2cccc(Cn3ccnc3)c2)CC(C)O1. The van der Waals surface area contributed by atoms with E-state index in [1.54, 1.807) is 0 Å². The zero-order valence-corrected chi connectivity index (χ0v) is 12.7. The van der Waals surface area contributed by atoms with Crippen LogP contribution in [-0.2, 0) is 11.3 Å². The van der Waals surface area contributed by atoms with Crippen molar-refractivity contribution >= 4 is 5.69 Å². The van der Waals surface area contributed by atoms with Crippen LogP contribution in [0.4, 0.5) is 5.69 Å². The molecule has 1 aromatic heterocycles. The standard InChI is InChI=1S/C17H23N3O/c1-13-8-17(9-14(2)21-13)19-16-5-3-4-15(10-16)11-20-7-6-18-12-20/h3-7,10,12-14,17,19H,8-9,11H2,1-2H3. The summed E-state index contributed by atoms with van der Waals surface area (Å²) in [6, 6.07) is 9.13. The van der Waals surface area contributed by atoms with Gasteiger partial charge in [0, 0.05) is 30.7 Å². The van der Waals surface area contributed by atoms with Gasteiger partial charge in [-0.2, -0.15) is 0 Å². The van der Waals surface area contributed by atoms with Crippen molar-refractivity contribution in [3.63, 3.8) is 0 Å². The summed E-state index contributed by atoms with van der Waals surface area (Å²) in [5.41, 5.74) is 2.48. The molecule has 1 aliphatic heterocycles. The van der Waals surface area contributed by atoms with Crippen molar-refractivity contribution in [1.82, 2.24) is 9.55 Å². The molecule has 3 rings (SSSR count). The van der Waals surface area contributed by atoms with E-state index in [0.717, 1.165) is 19.4 Å². The van der Waals surface area contributed by atoms with Gasteiger partial charge in [0.15, 0.2) is 0 Å². The molecular formula is C17H23N3O. The smallest absolute Gasteiger partial charge is 0.0949 e. The molecule has 21 heavy (non-hydrogen) atoms. The van der Waals surface area contributed by atoms with Crippen molar-refractivity contribution in [1.29, 1.82) is 0 Å². The molecule has 1 aliphatic rings. The molecule has 1 saturated heterocycles. The fourth-order valence-corrected chi connectivity index (χ4v) is 3.11. The summed E-state index contributed by atoms with van der Waals surface area (Å²) in [5.74, 6) is 0. The summed E-state index contributed by atoms with van der Waals surface area (Å²) in [6.45, 7) is 5.16. The van der Waals surface area contributed by atoms with Crippen molar-refractivity contribution < 1.29 is 4.74 Å². The zero-order valence-electron chi connectivity index (χ0n) is 12.7. The second kappa shape index (κ2) is 6.31. The van der Waals surface area contributed by atoms with E-state index < -0.39 is 0 Å². The van der Waals surface area contributed by atoms with E-state index in [0.29, 0.717) is 18.2 Å². The van der Waals surface area contributed by atoms with Crippen LogP contribution in [0.15, 0.2) is 43.0 Å². The number of anilines is 1. The van der Waals surface area contributed by atoms with Crippen molar-refractivity contribution in [3.05, 3.63) is 48.5 Å². The minimum atomic E-state index is 0.334. The molecule has 112 valence electrons. The Hall–Kier alpha value is -1.81. The van der Waals surface area contributed by atoms with Gasteiger partial charge < -0.3 is 14.6 Å². The first-order valence-electron chi connectivity index (χ1n) is 7.66. The van der Waals surface area contributed by atoms with E-state index in [2.05, 4.69) is 53.0 Å². The van der Waals surface area contributed by atoms with Gasteiger partial charge in [-0.15, -0.1) is 0 Å². The molecule has 0 bridgehead atoms.